The van der Waals surface area contributed by atoms with Crippen LogP contribution in [-0.2, 0) is 9.47 Å². The lowest BCUT2D eigenvalue weighted by Crippen LogP contribution is -2.32. The summed E-state index contributed by atoms with van der Waals surface area (Å²) < 4.78 is 11.5. The molecular formula is C16H26O2. The molecule has 102 valence electrons. The lowest BCUT2D eigenvalue weighted by atomic mass is 9.85. The standard InChI is InChI=1S/C16H26O2/c1-13(2)5-4-6-14(3)15-7-9-16(10-8-15)17-11-12-18-16/h5,7,14H,4,6,8-12H2,1-3H3/t14-/m1/s1. The third kappa shape index (κ3) is 3.46. The minimum absolute atomic E-state index is 0.261. The van der Waals surface area contributed by atoms with E-state index in [1.807, 2.05) is 0 Å². The summed E-state index contributed by atoms with van der Waals surface area (Å²) in [5, 5.41) is 0. The third-order valence-electron chi connectivity index (χ3n) is 4.07. The molecule has 1 spiro atoms. The Morgan fingerprint density at radius 2 is 2.11 bits per heavy atom. The Morgan fingerprint density at radius 1 is 1.39 bits per heavy atom. The van der Waals surface area contributed by atoms with E-state index in [1.54, 1.807) is 5.57 Å². The van der Waals surface area contributed by atoms with Crippen molar-refractivity contribution in [1.29, 1.82) is 0 Å². The second kappa shape index (κ2) is 6.03. The topological polar surface area (TPSA) is 18.5 Å². The van der Waals surface area contributed by atoms with Crippen LogP contribution >= 0.6 is 0 Å². The van der Waals surface area contributed by atoms with Crippen LogP contribution in [0.15, 0.2) is 23.3 Å². The summed E-state index contributed by atoms with van der Waals surface area (Å²) in [5.74, 6) is 0.433. The fraction of sp³-hybridized carbons (Fsp3) is 0.750. The summed E-state index contributed by atoms with van der Waals surface area (Å²) in [4.78, 5) is 0. The molecule has 0 radical (unpaired) electrons. The van der Waals surface area contributed by atoms with Crippen molar-refractivity contribution in [3.63, 3.8) is 0 Å². The highest BCUT2D eigenvalue weighted by molar-refractivity contribution is 5.12. The average Bonchev–Trinajstić information content (AvgIpc) is 2.78. The molecule has 2 aliphatic rings. The molecule has 1 saturated heterocycles. The van der Waals surface area contributed by atoms with Gasteiger partial charge in [-0.25, -0.2) is 0 Å². The van der Waals surface area contributed by atoms with E-state index in [1.165, 1.54) is 18.4 Å². The first kappa shape index (κ1) is 13.8. The molecular weight excluding hydrogens is 224 g/mol. The first-order valence-corrected chi connectivity index (χ1v) is 7.21. The minimum atomic E-state index is -0.261. The van der Waals surface area contributed by atoms with Gasteiger partial charge in [0.25, 0.3) is 0 Å². The van der Waals surface area contributed by atoms with Crippen LogP contribution in [0.1, 0.15) is 52.9 Å². The predicted octanol–water partition coefficient (Wildman–Crippen LogP) is 4.22. The molecule has 0 saturated carbocycles. The van der Waals surface area contributed by atoms with E-state index in [2.05, 4.69) is 32.9 Å². The molecule has 0 N–H and O–H groups in total. The average molecular weight is 250 g/mol. The maximum absolute atomic E-state index is 5.75. The van der Waals surface area contributed by atoms with Gasteiger partial charge in [0.1, 0.15) is 0 Å². The van der Waals surface area contributed by atoms with Gasteiger partial charge in [0.2, 0.25) is 0 Å². The summed E-state index contributed by atoms with van der Waals surface area (Å²) >= 11 is 0. The summed E-state index contributed by atoms with van der Waals surface area (Å²) in [6.07, 6.45) is 10.3. The van der Waals surface area contributed by atoms with Crippen molar-refractivity contribution in [3.8, 4) is 0 Å². The van der Waals surface area contributed by atoms with Crippen molar-refractivity contribution >= 4 is 0 Å². The first-order chi connectivity index (χ1) is 8.61. The highest BCUT2D eigenvalue weighted by Gasteiger charge is 2.37. The van der Waals surface area contributed by atoms with Crippen LogP contribution in [0.3, 0.4) is 0 Å². The molecule has 0 amide bonds. The SMILES string of the molecule is CC(C)=CCC[C@@H](C)C1=CCC2(CC1)OCCO2. The van der Waals surface area contributed by atoms with Crippen molar-refractivity contribution in [2.45, 2.75) is 58.7 Å². The van der Waals surface area contributed by atoms with E-state index >= 15 is 0 Å². The number of allylic oxidation sites excluding steroid dienone is 3. The molecule has 0 aromatic heterocycles. The van der Waals surface area contributed by atoms with E-state index in [9.17, 15) is 0 Å². The van der Waals surface area contributed by atoms with Crippen LogP contribution in [0, 0.1) is 5.92 Å². The van der Waals surface area contributed by atoms with Crippen molar-refractivity contribution in [2.75, 3.05) is 13.2 Å². The van der Waals surface area contributed by atoms with Gasteiger partial charge in [-0.1, -0.05) is 30.2 Å². The zero-order valence-corrected chi connectivity index (χ0v) is 12.0. The number of hydrogen-bond acceptors (Lipinski definition) is 2. The Kier molecular flexibility index (Phi) is 4.63. The molecule has 1 atom stereocenters. The smallest absolute Gasteiger partial charge is 0.172 e. The second-order valence-corrected chi connectivity index (χ2v) is 5.85. The van der Waals surface area contributed by atoms with Crippen LogP contribution < -0.4 is 0 Å². The van der Waals surface area contributed by atoms with E-state index in [4.69, 9.17) is 9.47 Å². The molecule has 2 nitrogen and oxygen atoms in total. The zero-order valence-electron chi connectivity index (χ0n) is 12.0. The zero-order chi connectivity index (χ0) is 13.0. The van der Waals surface area contributed by atoms with Crippen molar-refractivity contribution < 1.29 is 9.47 Å². The molecule has 1 aliphatic heterocycles. The van der Waals surface area contributed by atoms with Gasteiger partial charge in [0.05, 0.1) is 13.2 Å². The fourth-order valence-corrected chi connectivity index (χ4v) is 2.84. The van der Waals surface area contributed by atoms with E-state index in [0.717, 1.165) is 32.5 Å². The lowest BCUT2D eigenvalue weighted by Gasteiger charge is -2.32. The Balaban J connectivity index is 1.83. The molecule has 0 aromatic carbocycles. The quantitative estimate of drug-likeness (QED) is 0.695. The Bertz CT molecular complexity index is 331. The van der Waals surface area contributed by atoms with E-state index in [-0.39, 0.29) is 5.79 Å². The van der Waals surface area contributed by atoms with Crippen LogP contribution in [0.25, 0.3) is 0 Å². The summed E-state index contributed by atoms with van der Waals surface area (Å²) in [7, 11) is 0. The van der Waals surface area contributed by atoms with Crippen LogP contribution in [-0.4, -0.2) is 19.0 Å². The largest absolute Gasteiger partial charge is 0.347 e. The molecule has 0 bridgehead atoms. The lowest BCUT2D eigenvalue weighted by molar-refractivity contribution is -0.161. The van der Waals surface area contributed by atoms with Gasteiger partial charge in [-0.05, 0) is 39.0 Å². The van der Waals surface area contributed by atoms with Crippen LogP contribution in [0.2, 0.25) is 0 Å². The fourth-order valence-electron chi connectivity index (χ4n) is 2.84. The highest BCUT2D eigenvalue weighted by Crippen LogP contribution is 2.37. The van der Waals surface area contributed by atoms with Gasteiger partial charge in [0.15, 0.2) is 5.79 Å². The minimum Gasteiger partial charge on any atom is -0.347 e. The van der Waals surface area contributed by atoms with E-state index < -0.39 is 0 Å². The van der Waals surface area contributed by atoms with Gasteiger partial charge in [-0.3, -0.25) is 0 Å². The Morgan fingerprint density at radius 3 is 2.67 bits per heavy atom. The molecule has 1 aliphatic carbocycles. The number of rotatable bonds is 4. The molecule has 0 aromatic rings. The Hall–Kier alpha value is -0.600. The van der Waals surface area contributed by atoms with Gasteiger partial charge in [-0.15, -0.1) is 0 Å². The second-order valence-electron chi connectivity index (χ2n) is 5.85. The maximum atomic E-state index is 5.75. The molecule has 1 fully saturated rings. The summed E-state index contributed by atoms with van der Waals surface area (Å²) in [6.45, 7) is 8.21. The van der Waals surface area contributed by atoms with Gasteiger partial charge in [0, 0.05) is 12.8 Å². The van der Waals surface area contributed by atoms with Crippen molar-refractivity contribution in [2.24, 2.45) is 5.92 Å². The molecule has 0 unspecified atom stereocenters. The van der Waals surface area contributed by atoms with Crippen LogP contribution in [0.5, 0.6) is 0 Å². The van der Waals surface area contributed by atoms with Gasteiger partial charge < -0.3 is 9.47 Å². The molecule has 18 heavy (non-hydrogen) atoms. The molecule has 1 heterocycles. The number of ether oxygens (including phenoxy) is 2. The van der Waals surface area contributed by atoms with Crippen LogP contribution in [0.4, 0.5) is 0 Å². The number of hydrogen-bond donors (Lipinski definition) is 0. The Labute approximate surface area is 111 Å². The van der Waals surface area contributed by atoms with Gasteiger partial charge in [-0.2, -0.15) is 0 Å². The van der Waals surface area contributed by atoms with Gasteiger partial charge >= 0.3 is 0 Å². The van der Waals surface area contributed by atoms with Crippen molar-refractivity contribution in [3.05, 3.63) is 23.3 Å². The molecule has 2 rings (SSSR count). The first-order valence-electron chi connectivity index (χ1n) is 7.21. The highest BCUT2D eigenvalue weighted by atomic mass is 16.7. The maximum Gasteiger partial charge on any atom is 0.172 e. The molecule has 2 heteroatoms. The third-order valence-corrected chi connectivity index (χ3v) is 4.07. The predicted molar refractivity (Wildman–Crippen MR) is 74.4 cm³/mol. The summed E-state index contributed by atoms with van der Waals surface area (Å²) in [5.41, 5.74) is 3.02. The normalized spacial score (nSPS) is 23.8. The van der Waals surface area contributed by atoms with E-state index in [0.29, 0.717) is 5.92 Å². The monoisotopic (exact) mass is 250 g/mol. The van der Waals surface area contributed by atoms with Crippen molar-refractivity contribution in [1.82, 2.24) is 0 Å². The summed E-state index contributed by atoms with van der Waals surface area (Å²) in [6, 6.07) is 0.